The number of hydrogen-bond acceptors (Lipinski definition) is 10. The number of likely N-dealkylation sites (N-methyl/N-ethyl adjacent to an activating group) is 1. The molecule has 11 nitrogen and oxygen atoms in total. The minimum atomic E-state index is -4.68. The Morgan fingerprint density at radius 3 is 1.78 bits per heavy atom. The van der Waals surface area contributed by atoms with E-state index in [9.17, 15) is 29.3 Å². The van der Waals surface area contributed by atoms with Crippen molar-refractivity contribution in [3.8, 4) is 0 Å². The molecule has 0 aliphatic heterocycles. The van der Waals surface area contributed by atoms with Gasteiger partial charge in [0.05, 0.1) is 40.0 Å². The van der Waals surface area contributed by atoms with Crippen LogP contribution in [-0.2, 0) is 32.7 Å². The van der Waals surface area contributed by atoms with E-state index in [4.69, 9.17) is 18.5 Å². The number of phosphoric acid groups is 1. The molecule has 0 aromatic rings. The van der Waals surface area contributed by atoms with Crippen LogP contribution in [0, 0.1) is 0 Å². The number of nitrogens with zero attached hydrogens (tertiary/aromatic N) is 1. The van der Waals surface area contributed by atoms with Gasteiger partial charge in [-0.15, -0.1) is 0 Å². The van der Waals surface area contributed by atoms with Crippen molar-refractivity contribution in [2.75, 3.05) is 47.5 Å². The standard InChI is InChI=1S/C52H90NO10P/c1-6-8-10-11-12-13-14-15-16-17-18-19-20-21-22-23-27-30-36-43-52(57)63-50(47-62-64(58,59)61-45-44-53(3,4)5)46-60-51(56)42-37-31-35-41-49(55)40-34-29-26-24-25-28-33-39-48(54)38-32-9-7-2/h9,15-16,25-26,28-29,32-35,39-41,48-50,54-55H,6-8,10-14,17-24,27,30-31,36-38,42-47H2,1-5H3/b16-15-,28-25-,29-26-,32-9-,39-33+,40-34+,41-35-/t48-,49-,50-/m1/s1. The molecular formula is C52H90NO10P. The maximum atomic E-state index is 12.7. The van der Waals surface area contributed by atoms with Gasteiger partial charge in [-0.3, -0.25) is 14.2 Å². The number of allylic oxidation sites excluding steroid dienone is 10. The fourth-order valence-electron chi connectivity index (χ4n) is 6.21. The second kappa shape index (κ2) is 42.7. The number of carbonyl (C=O) groups is 2. The molecule has 0 bridgehead atoms. The third-order valence-electron chi connectivity index (χ3n) is 10.1. The molecule has 4 atom stereocenters. The van der Waals surface area contributed by atoms with Crippen molar-refractivity contribution < 1.29 is 52.3 Å². The molecule has 64 heavy (non-hydrogen) atoms. The Morgan fingerprint density at radius 2 is 1.17 bits per heavy atom. The first-order chi connectivity index (χ1) is 30.8. The van der Waals surface area contributed by atoms with Gasteiger partial charge in [0.1, 0.15) is 19.8 Å². The number of hydrogen-bond donors (Lipinski definition) is 2. The third-order valence-corrected chi connectivity index (χ3v) is 11.0. The average molecular weight is 920 g/mol. The van der Waals surface area contributed by atoms with Gasteiger partial charge < -0.3 is 38.1 Å². The van der Waals surface area contributed by atoms with Crippen molar-refractivity contribution in [1.82, 2.24) is 0 Å². The van der Waals surface area contributed by atoms with Gasteiger partial charge in [0.2, 0.25) is 0 Å². The van der Waals surface area contributed by atoms with Crippen LogP contribution in [0.25, 0.3) is 0 Å². The Bertz CT molecular complexity index is 1400. The summed E-state index contributed by atoms with van der Waals surface area (Å²) in [7, 11) is 1.04. The molecule has 0 saturated carbocycles. The van der Waals surface area contributed by atoms with Gasteiger partial charge in [0.15, 0.2) is 6.10 Å². The van der Waals surface area contributed by atoms with Gasteiger partial charge in [-0.25, -0.2) is 0 Å². The Balaban J connectivity index is 4.53. The molecule has 0 spiro atoms. The van der Waals surface area contributed by atoms with Crippen LogP contribution in [0.1, 0.15) is 168 Å². The summed E-state index contributed by atoms with van der Waals surface area (Å²) in [4.78, 5) is 37.7. The van der Waals surface area contributed by atoms with Gasteiger partial charge in [0.25, 0.3) is 7.82 Å². The third kappa shape index (κ3) is 45.7. The molecule has 12 heteroatoms. The van der Waals surface area contributed by atoms with E-state index in [-0.39, 0.29) is 26.1 Å². The van der Waals surface area contributed by atoms with E-state index in [2.05, 4.69) is 26.0 Å². The monoisotopic (exact) mass is 920 g/mol. The number of quaternary nitrogens is 1. The highest BCUT2D eigenvalue weighted by Gasteiger charge is 2.21. The van der Waals surface area contributed by atoms with Crippen LogP contribution >= 0.6 is 7.82 Å². The van der Waals surface area contributed by atoms with E-state index in [0.29, 0.717) is 43.1 Å². The maximum absolute atomic E-state index is 12.7. The van der Waals surface area contributed by atoms with E-state index in [0.717, 1.165) is 25.7 Å². The number of ether oxygens (including phenoxy) is 2. The molecule has 0 amide bonds. The van der Waals surface area contributed by atoms with Gasteiger partial charge in [-0.2, -0.15) is 0 Å². The van der Waals surface area contributed by atoms with Crippen molar-refractivity contribution in [3.63, 3.8) is 0 Å². The van der Waals surface area contributed by atoms with Crippen LogP contribution in [0.2, 0.25) is 0 Å². The Kier molecular flexibility index (Phi) is 40.8. The van der Waals surface area contributed by atoms with Crippen LogP contribution in [0.3, 0.4) is 0 Å². The molecule has 1 unspecified atom stereocenters. The zero-order valence-corrected chi connectivity index (χ0v) is 41.6. The Hall–Kier alpha value is -2.89. The first-order valence-corrected chi connectivity index (χ1v) is 26.0. The molecule has 0 radical (unpaired) electrons. The lowest BCUT2D eigenvalue weighted by molar-refractivity contribution is -0.870. The zero-order valence-electron chi connectivity index (χ0n) is 40.7. The molecule has 0 aliphatic carbocycles. The van der Waals surface area contributed by atoms with E-state index in [1.165, 1.54) is 83.5 Å². The minimum Gasteiger partial charge on any atom is -0.756 e. The first kappa shape index (κ1) is 61.1. The lowest BCUT2D eigenvalue weighted by Crippen LogP contribution is -2.37. The molecule has 368 valence electrons. The van der Waals surface area contributed by atoms with E-state index < -0.39 is 44.7 Å². The molecule has 0 rings (SSSR count). The summed E-state index contributed by atoms with van der Waals surface area (Å²) < 4.78 is 33.8. The van der Waals surface area contributed by atoms with E-state index >= 15 is 0 Å². The van der Waals surface area contributed by atoms with Crippen molar-refractivity contribution in [1.29, 1.82) is 0 Å². The predicted molar refractivity (Wildman–Crippen MR) is 261 cm³/mol. The molecule has 0 aliphatic rings. The fraction of sp³-hybridized carbons (Fsp3) is 0.692. The summed E-state index contributed by atoms with van der Waals surface area (Å²) >= 11 is 0. The van der Waals surface area contributed by atoms with Crippen LogP contribution in [0.4, 0.5) is 0 Å². The molecule has 2 N–H and O–H groups in total. The van der Waals surface area contributed by atoms with Crippen molar-refractivity contribution in [3.05, 3.63) is 85.1 Å². The summed E-state index contributed by atoms with van der Waals surface area (Å²) in [5.74, 6) is -1.02. The predicted octanol–water partition coefficient (Wildman–Crippen LogP) is 11.7. The summed E-state index contributed by atoms with van der Waals surface area (Å²) in [5.41, 5.74) is 0. The second-order valence-corrected chi connectivity index (χ2v) is 18.9. The number of esters is 2. The van der Waals surface area contributed by atoms with E-state index in [1.807, 2.05) is 63.7 Å². The van der Waals surface area contributed by atoms with Crippen LogP contribution in [0.5, 0.6) is 0 Å². The van der Waals surface area contributed by atoms with Crippen LogP contribution < -0.4 is 4.89 Å². The number of unbranched alkanes of at least 4 members (excludes halogenated alkanes) is 16. The lowest BCUT2D eigenvalue weighted by Gasteiger charge is -2.28. The minimum absolute atomic E-state index is 0.0683. The summed E-state index contributed by atoms with van der Waals surface area (Å²) in [6.07, 6.45) is 48.3. The van der Waals surface area contributed by atoms with Crippen molar-refractivity contribution in [2.45, 2.75) is 186 Å². The fourth-order valence-corrected chi connectivity index (χ4v) is 6.94. The topological polar surface area (TPSA) is 152 Å². The molecular weight excluding hydrogens is 830 g/mol. The summed E-state index contributed by atoms with van der Waals surface area (Å²) in [6, 6.07) is 0. The quantitative estimate of drug-likeness (QED) is 0.0151. The highest BCUT2D eigenvalue weighted by atomic mass is 31.2. The largest absolute Gasteiger partial charge is 0.756 e. The SMILES string of the molecule is CC/C=C\C[C@@H](O)/C=C/C=C\C/C=C\C=C\[C@@H](O)/C=C\CCCC(=O)OC[C@H](COP(=O)([O-])OCC[N+](C)(C)C)OC(=O)CCCCCCCCCCC/C=C\CCCCCCCC. The lowest BCUT2D eigenvalue weighted by atomic mass is 10.1. The van der Waals surface area contributed by atoms with Crippen molar-refractivity contribution in [2.24, 2.45) is 0 Å². The summed E-state index contributed by atoms with van der Waals surface area (Å²) in [5, 5.41) is 20.0. The van der Waals surface area contributed by atoms with Gasteiger partial charge in [0, 0.05) is 12.8 Å². The molecule has 0 saturated heterocycles. The van der Waals surface area contributed by atoms with Gasteiger partial charge >= 0.3 is 11.9 Å². The van der Waals surface area contributed by atoms with Gasteiger partial charge in [-0.05, 0) is 64.2 Å². The highest BCUT2D eigenvalue weighted by Crippen LogP contribution is 2.38. The zero-order chi connectivity index (χ0) is 47.4. The number of phosphoric ester groups is 1. The second-order valence-electron chi connectivity index (χ2n) is 17.5. The Labute approximate surface area is 389 Å². The highest BCUT2D eigenvalue weighted by molar-refractivity contribution is 7.45. The molecule has 0 heterocycles. The number of aliphatic hydroxyl groups excluding tert-OH is 2. The number of aliphatic hydroxyl groups is 2. The summed E-state index contributed by atoms with van der Waals surface area (Å²) in [6.45, 7) is 3.80. The number of carbonyl (C=O) groups excluding carboxylic acids is 2. The van der Waals surface area contributed by atoms with Crippen LogP contribution in [-0.4, -0.2) is 92.5 Å². The smallest absolute Gasteiger partial charge is 0.306 e. The van der Waals surface area contributed by atoms with Crippen molar-refractivity contribution >= 4 is 19.8 Å². The van der Waals surface area contributed by atoms with Gasteiger partial charge in [-0.1, -0.05) is 176 Å². The molecule has 0 aromatic carbocycles. The van der Waals surface area contributed by atoms with Crippen LogP contribution in [0.15, 0.2) is 85.1 Å². The normalized spacial score (nSPS) is 15.2. The first-order valence-electron chi connectivity index (χ1n) is 24.5. The number of rotatable bonds is 43. The average Bonchev–Trinajstić information content (AvgIpc) is 3.24. The molecule has 0 aromatic heterocycles. The Morgan fingerprint density at radius 1 is 0.609 bits per heavy atom. The van der Waals surface area contributed by atoms with E-state index in [1.54, 1.807) is 30.4 Å². The maximum Gasteiger partial charge on any atom is 0.306 e. The molecule has 0 fully saturated rings.